The lowest BCUT2D eigenvalue weighted by Gasteiger charge is -2.30. The van der Waals surface area contributed by atoms with E-state index in [9.17, 15) is 10.2 Å². The van der Waals surface area contributed by atoms with Crippen molar-refractivity contribution in [2.75, 3.05) is 0 Å². The van der Waals surface area contributed by atoms with Crippen LogP contribution in [-0.4, -0.2) is 20.7 Å². The molecule has 3 rings (SSSR count). The fourth-order valence-electron chi connectivity index (χ4n) is 5.99. The van der Waals surface area contributed by atoms with E-state index < -0.39 is 0 Å². The molecular formula is C39H62O2S2. The third-order valence-electron chi connectivity index (χ3n) is 9.02. The molecule has 0 saturated heterocycles. The van der Waals surface area contributed by atoms with Crippen molar-refractivity contribution in [3.05, 3.63) is 57.6 Å². The molecule has 0 aromatic heterocycles. The highest BCUT2D eigenvalue weighted by atomic mass is 32.2. The summed E-state index contributed by atoms with van der Waals surface area (Å²) < 4.78 is 0. The Balaban J connectivity index is 1.92. The van der Waals surface area contributed by atoms with Crippen molar-refractivity contribution in [2.24, 2.45) is 0 Å². The van der Waals surface area contributed by atoms with Gasteiger partial charge in [0, 0.05) is 33.1 Å². The van der Waals surface area contributed by atoms with Crippen LogP contribution in [0.15, 0.2) is 24.3 Å². The molecule has 0 radical (unpaired) electrons. The maximum atomic E-state index is 11.5. The summed E-state index contributed by atoms with van der Waals surface area (Å²) in [6.45, 7) is 26.8. The molecule has 0 aliphatic heterocycles. The minimum Gasteiger partial charge on any atom is -0.507 e. The molecule has 0 heterocycles. The quantitative estimate of drug-likeness (QED) is 0.335. The van der Waals surface area contributed by atoms with Crippen molar-refractivity contribution in [3.63, 3.8) is 0 Å². The molecule has 0 bridgehead atoms. The molecule has 4 heteroatoms. The van der Waals surface area contributed by atoms with Crippen molar-refractivity contribution < 1.29 is 10.2 Å². The summed E-state index contributed by atoms with van der Waals surface area (Å²) in [5.74, 6) is 2.64. The minimum atomic E-state index is -0.114. The van der Waals surface area contributed by atoms with Crippen molar-refractivity contribution in [3.8, 4) is 11.5 Å². The van der Waals surface area contributed by atoms with Gasteiger partial charge in [0.05, 0.1) is 0 Å². The van der Waals surface area contributed by atoms with Crippen LogP contribution in [0.1, 0.15) is 161 Å². The Labute approximate surface area is 273 Å². The number of thioether (sulfide) groups is 2. The molecule has 2 atom stereocenters. The van der Waals surface area contributed by atoms with Crippen molar-refractivity contribution in [1.82, 2.24) is 0 Å². The van der Waals surface area contributed by atoms with Crippen LogP contribution in [0.2, 0.25) is 0 Å². The molecule has 1 aliphatic rings. The molecule has 0 spiro atoms. The van der Waals surface area contributed by atoms with E-state index in [1.165, 1.54) is 56.1 Å². The maximum Gasteiger partial charge on any atom is 0.123 e. The molecule has 2 nitrogen and oxygen atoms in total. The zero-order valence-electron chi connectivity index (χ0n) is 29.5. The Morgan fingerprint density at radius 1 is 0.512 bits per heavy atom. The normalized spacial score (nSPS) is 19.5. The highest BCUT2D eigenvalue weighted by Crippen LogP contribution is 2.44. The highest BCUT2D eigenvalue weighted by Gasteiger charge is 2.29. The fraction of sp³-hybridized carbons (Fsp3) is 0.692. The van der Waals surface area contributed by atoms with Gasteiger partial charge in [0.15, 0.2) is 0 Å². The summed E-state index contributed by atoms with van der Waals surface area (Å²) in [6, 6.07) is 8.98. The third kappa shape index (κ3) is 9.86. The van der Waals surface area contributed by atoms with E-state index >= 15 is 0 Å². The summed E-state index contributed by atoms with van der Waals surface area (Å²) in [4.78, 5) is 0. The number of phenolic OH excluding ortho intramolecular Hbond substituents is 2. The minimum absolute atomic E-state index is 0.0269. The molecule has 0 unspecified atom stereocenters. The number of aromatic hydroxyl groups is 2. The molecule has 242 valence electrons. The van der Waals surface area contributed by atoms with Crippen LogP contribution in [0, 0.1) is 0 Å². The van der Waals surface area contributed by atoms with Gasteiger partial charge in [0.1, 0.15) is 11.5 Å². The molecule has 43 heavy (non-hydrogen) atoms. The first-order chi connectivity index (χ1) is 19.7. The maximum absolute atomic E-state index is 11.5. The number of benzene rings is 2. The van der Waals surface area contributed by atoms with Gasteiger partial charge in [-0.25, -0.2) is 0 Å². The van der Waals surface area contributed by atoms with E-state index in [0.717, 1.165) is 33.8 Å². The van der Waals surface area contributed by atoms with Gasteiger partial charge in [0.25, 0.3) is 0 Å². The van der Waals surface area contributed by atoms with Gasteiger partial charge in [-0.15, -0.1) is 0 Å². The largest absolute Gasteiger partial charge is 0.507 e. The summed E-state index contributed by atoms with van der Waals surface area (Å²) in [5, 5.41) is 24.0. The first-order valence-corrected chi connectivity index (χ1v) is 18.8. The van der Waals surface area contributed by atoms with Gasteiger partial charge >= 0.3 is 0 Å². The van der Waals surface area contributed by atoms with Gasteiger partial charge in [0.2, 0.25) is 0 Å². The molecule has 2 aromatic rings. The third-order valence-corrected chi connectivity index (χ3v) is 12.1. The summed E-state index contributed by atoms with van der Waals surface area (Å²) in [7, 11) is 0. The van der Waals surface area contributed by atoms with Gasteiger partial charge in [-0.05, 0) is 56.8 Å². The van der Waals surface area contributed by atoms with E-state index in [-0.39, 0.29) is 21.7 Å². The monoisotopic (exact) mass is 626 g/mol. The standard InChI is InChI=1S/C39H62O2S2/c1-36(2,3)28-20-26(34(40)30(22-28)38(7,8)9)24-42-32-18-16-14-13-15-17-19-33(32)43-25-27-21-29(37(4,5)6)23-31(35(27)41)39(10,11)12/h20-23,32-33,40-41H,13-19,24-25H2,1-12H3/t32-,33-/m0/s1. The number of hydrogen-bond donors (Lipinski definition) is 2. The topological polar surface area (TPSA) is 40.5 Å². The second-order valence-corrected chi connectivity index (χ2v) is 19.6. The molecule has 1 saturated carbocycles. The van der Waals surface area contributed by atoms with Crippen molar-refractivity contribution >= 4 is 23.5 Å². The summed E-state index contributed by atoms with van der Waals surface area (Å²) in [6.07, 6.45) is 8.95. The fourth-order valence-corrected chi connectivity index (χ4v) is 9.05. The second-order valence-electron chi connectivity index (χ2n) is 17.1. The smallest absolute Gasteiger partial charge is 0.123 e. The molecule has 1 aliphatic carbocycles. The van der Waals surface area contributed by atoms with Crippen LogP contribution < -0.4 is 0 Å². The zero-order valence-corrected chi connectivity index (χ0v) is 31.2. The van der Waals surface area contributed by atoms with Gasteiger partial charge in [-0.1, -0.05) is 139 Å². The lowest BCUT2D eigenvalue weighted by molar-refractivity contribution is 0.439. The predicted octanol–water partition coefficient (Wildman–Crippen LogP) is 11.9. The molecule has 2 aromatic carbocycles. The first-order valence-electron chi connectivity index (χ1n) is 16.7. The number of hydrogen-bond acceptors (Lipinski definition) is 4. The average Bonchev–Trinajstić information content (AvgIpc) is 2.96. The summed E-state index contributed by atoms with van der Waals surface area (Å²) >= 11 is 4.11. The van der Waals surface area contributed by atoms with Crippen molar-refractivity contribution in [1.29, 1.82) is 0 Å². The second kappa shape index (κ2) is 14.0. The summed E-state index contributed by atoms with van der Waals surface area (Å²) in [5.41, 5.74) is 6.70. The average molecular weight is 627 g/mol. The van der Waals surface area contributed by atoms with Gasteiger partial charge < -0.3 is 10.2 Å². The SMILES string of the molecule is CC(C)(C)c1cc(CS[C@H]2CCCCCCC[C@@H]2SCc2cc(C(C)(C)C)cc(C(C)(C)C)c2O)c(O)c(C(C)(C)C)c1. The van der Waals surface area contributed by atoms with Crippen LogP contribution in [0.3, 0.4) is 0 Å². The lowest BCUT2D eigenvalue weighted by Crippen LogP contribution is -2.21. The molecular weight excluding hydrogens is 565 g/mol. The molecule has 0 amide bonds. The van der Waals surface area contributed by atoms with Crippen LogP contribution in [0.25, 0.3) is 0 Å². The Morgan fingerprint density at radius 3 is 1.14 bits per heavy atom. The molecule has 2 N–H and O–H groups in total. The van der Waals surface area contributed by atoms with Crippen LogP contribution in [-0.2, 0) is 33.2 Å². The van der Waals surface area contributed by atoms with E-state index in [0.29, 0.717) is 22.0 Å². The lowest BCUT2D eigenvalue weighted by atomic mass is 9.79. The van der Waals surface area contributed by atoms with Crippen LogP contribution in [0.5, 0.6) is 11.5 Å². The van der Waals surface area contributed by atoms with E-state index in [1.54, 1.807) is 0 Å². The van der Waals surface area contributed by atoms with Crippen molar-refractivity contribution in [2.45, 2.75) is 172 Å². The first kappa shape index (κ1) is 36.2. The Morgan fingerprint density at radius 2 is 0.837 bits per heavy atom. The number of rotatable bonds is 6. The highest BCUT2D eigenvalue weighted by molar-refractivity contribution is 8.03. The van der Waals surface area contributed by atoms with Crippen LogP contribution in [0.4, 0.5) is 0 Å². The molecule has 1 fully saturated rings. The van der Waals surface area contributed by atoms with E-state index in [2.05, 4.69) is 131 Å². The predicted molar refractivity (Wildman–Crippen MR) is 193 cm³/mol. The van der Waals surface area contributed by atoms with Gasteiger partial charge in [-0.2, -0.15) is 23.5 Å². The van der Waals surface area contributed by atoms with E-state index in [1.807, 2.05) is 0 Å². The Bertz CT molecular complexity index is 1120. The number of phenols is 2. The Hall–Kier alpha value is -1.26. The van der Waals surface area contributed by atoms with E-state index in [4.69, 9.17) is 0 Å². The van der Waals surface area contributed by atoms with Crippen LogP contribution >= 0.6 is 23.5 Å². The van der Waals surface area contributed by atoms with Gasteiger partial charge in [-0.3, -0.25) is 0 Å². The Kier molecular flexibility index (Phi) is 11.8. The zero-order chi connectivity index (χ0) is 32.4.